The second-order valence-electron chi connectivity index (χ2n) is 6.01. The standard InChI is InChI=1S/C18H22N2O2/c1-2-3-10-18(22)16-9-5-4-8-15(16)17(21)20(18)13-14-7-6-11-19-12-14/h4,6-8,11-12,22H,2-3,5,9-10,13H2,1H3. The van der Waals surface area contributed by atoms with Gasteiger partial charge in [0.15, 0.2) is 5.72 Å². The molecule has 22 heavy (non-hydrogen) atoms. The van der Waals surface area contributed by atoms with Gasteiger partial charge in [0.1, 0.15) is 0 Å². The van der Waals surface area contributed by atoms with Gasteiger partial charge in [0.25, 0.3) is 5.91 Å². The summed E-state index contributed by atoms with van der Waals surface area (Å²) in [4.78, 5) is 18.5. The summed E-state index contributed by atoms with van der Waals surface area (Å²) in [6, 6.07) is 3.79. The maximum Gasteiger partial charge on any atom is 0.256 e. The van der Waals surface area contributed by atoms with E-state index < -0.39 is 5.72 Å². The molecule has 0 bridgehead atoms. The fourth-order valence-electron chi connectivity index (χ4n) is 3.34. The van der Waals surface area contributed by atoms with Crippen molar-refractivity contribution in [3.63, 3.8) is 0 Å². The summed E-state index contributed by atoms with van der Waals surface area (Å²) < 4.78 is 0. The number of carbonyl (C=O) groups is 1. The first-order valence-corrected chi connectivity index (χ1v) is 8.00. The van der Waals surface area contributed by atoms with E-state index in [1.807, 2.05) is 24.3 Å². The molecule has 4 heteroatoms. The topological polar surface area (TPSA) is 53.4 Å². The first kappa shape index (κ1) is 15.0. The third-order valence-electron chi connectivity index (χ3n) is 4.52. The maximum absolute atomic E-state index is 12.8. The molecule has 0 radical (unpaired) electrons. The normalized spacial score (nSPS) is 24.1. The molecule has 0 spiro atoms. The van der Waals surface area contributed by atoms with Crippen LogP contribution in [0.25, 0.3) is 0 Å². The number of hydrogen-bond donors (Lipinski definition) is 1. The summed E-state index contributed by atoms with van der Waals surface area (Å²) in [5, 5.41) is 11.3. The van der Waals surface area contributed by atoms with Gasteiger partial charge in [-0.1, -0.05) is 31.6 Å². The molecule has 116 valence electrons. The molecule has 2 heterocycles. The molecule has 0 fully saturated rings. The Hall–Kier alpha value is -1.94. The van der Waals surface area contributed by atoms with Crippen molar-refractivity contribution in [1.29, 1.82) is 0 Å². The van der Waals surface area contributed by atoms with Gasteiger partial charge in [-0.15, -0.1) is 0 Å². The second kappa shape index (κ2) is 6.05. The van der Waals surface area contributed by atoms with Crippen molar-refractivity contribution in [1.82, 2.24) is 9.88 Å². The fourth-order valence-corrected chi connectivity index (χ4v) is 3.34. The monoisotopic (exact) mass is 298 g/mol. The average molecular weight is 298 g/mol. The molecule has 3 rings (SSSR count). The summed E-state index contributed by atoms with van der Waals surface area (Å²) in [7, 11) is 0. The highest BCUT2D eigenvalue weighted by atomic mass is 16.3. The van der Waals surface area contributed by atoms with Crippen LogP contribution in [-0.2, 0) is 11.3 Å². The molecule has 0 aromatic carbocycles. The summed E-state index contributed by atoms with van der Waals surface area (Å²) in [6.07, 6.45) is 11.5. The molecule has 1 aliphatic carbocycles. The van der Waals surface area contributed by atoms with Crippen LogP contribution >= 0.6 is 0 Å². The van der Waals surface area contributed by atoms with Crippen LogP contribution in [0.3, 0.4) is 0 Å². The van der Waals surface area contributed by atoms with Gasteiger partial charge in [-0.2, -0.15) is 0 Å². The van der Waals surface area contributed by atoms with E-state index in [-0.39, 0.29) is 5.91 Å². The van der Waals surface area contributed by atoms with Gasteiger partial charge in [-0.3, -0.25) is 9.78 Å². The summed E-state index contributed by atoms with van der Waals surface area (Å²) in [5.74, 6) is -0.0617. The van der Waals surface area contributed by atoms with E-state index in [9.17, 15) is 9.90 Å². The van der Waals surface area contributed by atoms with E-state index >= 15 is 0 Å². The quantitative estimate of drug-likeness (QED) is 0.909. The molecule has 1 aromatic rings. The zero-order valence-corrected chi connectivity index (χ0v) is 13.0. The van der Waals surface area contributed by atoms with E-state index in [0.29, 0.717) is 18.5 Å². The molecule has 1 aromatic heterocycles. The van der Waals surface area contributed by atoms with E-state index in [2.05, 4.69) is 11.9 Å². The van der Waals surface area contributed by atoms with Crippen molar-refractivity contribution < 1.29 is 9.90 Å². The highest BCUT2D eigenvalue weighted by molar-refractivity contribution is 6.01. The van der Waals surface area contributed by atoms with Crippen LogP contribution < -0.4 is 0 Å². The number of amides is 1. The van der Waals surface area contributed by atoms with E-state index in [4.69, 9.17) is 0 Å². The lowest BCUT2D eigenvalue weighted by molar-refractivity contribution is -0.145. The number of nitrogens with zero attached hydrogens (tertiary/aromatic N) is 2. The maximum atomic E-state index is 12.8. The van der Waals surface area contributed by atoms with Gasteiger partial charge < -0.3 is 10.0 Å². The molecule has 1 N–H and O–H groups in total. The Morgan fingerprint density at radius 3 is 3.05 bits per heavy atom. The Morgan fingerprint density at radius 1 is 1.45 bits per heavy atom. The summed E-state index contributed by atoms with van der Waals surface area (Å²) >= 11 is 0. The molecule has 2 aliphatic rings. The molecule has 1 unspecified atom stereocenters. The number of aromatic nitrogens is 1. The molecular formula is C18H22N2O2. The van der Waals surface area contributed by atoms with Gasteiger partial charge >= 0.3 is 0 Å². The van der Waals surface area contributed by atoms with Crippen LogP contribution in [0.15, 0.2) is 47.8 Å². The summed E-state index contributed by atoms with van der Waals surface area (Å²) in [6.45, 7) is 2.50. The van der Waals surface area contributed by atoms with E-state index in [0.717, 1.165) is 36.8 Å². The minimum atomic E-state index is -1.14. The first-order valence-electron chi connectivity index (χ1n) is 8.00. The van der Waals surface area contributed by atoms with Crippen LogP contribution in [-0.4, -0.2) is 26.6 Å². The van der Waals surface area contributed by atoms with E-state index in [1.54, 1.807) is 17.3 Å². The number of allylic oxidation sites excluding steroid dienone is 1. The van der Waals surface area contributed by atoms with Crippen molar-refractivity contribution in [3.8, 4) is 0 Å². The fraction of sp³-hybridized carbons (Fsp3) is 0.444. The van der Waals surface area contributed by atoms with Crippen molar-refractivity contribution in [2.75, 3.05) is 0 Å². The zero-order chi connectivity index (χ0) is 15.6. The summed E-state index contributed by atoms with van der Waals surface area (Å²) in [5.41, 5.74) is 1.39. The molecule has 0 saturated heterocycles. The average Bonchev–Trinajstić information content (AvgIpc) is 2.77. The third kappa shape index (κ3) is 2.48. The predicted octanol–water partition coefficient (Wildman–Crippen LogP) is 2.95. The van der Waals surface area contributed by atoms with Gasteiger partial charge in [-0.25, -0.2) is 0 Å². The number of carbonyl (C=O) groups excluding carboxylic acids is 1. The molecule has 1 aliphatic heterocycles. The SMILES string of the molecule is CCCCC1(O)C2=C(C=CCC2)C(=O)N1Cc1cccnc1. The lowest BCUT2D eigenvalue weighted by Crippen LogP contribution is -2.47. The smallest absolute Gasteiger partial charge is 0.256 e. The Kier molecular flexibility index (Phi) is 4.12. The number of aliphatic hydroxyl groups is 1. The lowest BCUT2D eigenvalue weighted by Gasteiger charge is -2.36. The van der Waals surface area contributed by atoms with Crippen molar-refractivity contribution in [3.05, 3.63) is 53.4 Å². The largest absolute Gasteiger partial charge is 0.367 e. The Balaban J connectivity index is 1.94. The van der Waals surface area contributed by atoms with Crippen molar-refractivity contribution in [2.45, 2.75) is 51.3 Å². The highest BCUT2D eigenvalue weighted by Crippen LogP contribution is 2.42. The van der Waals surface area contributed by atoms with Crippen LogP contribution in [0.2, 0.25) is 0 Å². The number of rotatable bonds is 5. The van der Waals surface area contributed by atoms with Crippen LogP contribution in [0.1, 0.15) is 44.6 Å². The molecule has 0 saturated carbocycles. The second-order valence-corrected chi connectivity index (χ2v) is 6.01. The van der Waals surface area contributed by atoms with Gasteiger partial charge in [0.05, 0.1) is 6.54 Å². The first-order chi connectivity index (χ1) is 10.7. The molecule has 4 nitrogen and oxygen atoms in total. The Bertz CT molecular complexity index is 621. The Morgan fingerprint density at radius 2 is 2.32 bits per heavy atom. The molecule has 1 atom stereocenters. The van der Waals surface area contributed by atoms with Crippen molar-refractivity contribution >= 4 is 5.91 Å². The van der Waals surface area contributed by atoms with E-state index in [1.165, 1.54) is 0 Å². The van der Waals surface area contributed by atoms with Gasteiger partial charge in [0, 0.05) is 18.0 Å². The van der Waals surface area contributed by atoms with Crippen molar-refractivity contribution in [2.24, 2.45) is 0 Å². The van der Waals surface area contributed by atoms with Gasteiger partial charge in [0.2, 0.25) is 0 Å². The molecule has 1 amide bonds. The number of unbranched alkanes of at least 4 members (excludes halogenated alkanes) is 1. The number of pyridine rings is 1. The zero-order valence-electron chi connectivity index (χ0n) is 13.0. The lowest BCUT2D eigenvalue weighted by atomic mass is 9.89. The minimum absolute atomic E-state index is 0.0617. The third-order valence-corrected chi connectivity index (χ3v) is 4.52. The van der Waals surface area contributed by atoms with Crippen LogP contribution in [0.4, 0.5) is 0 Å². The number of hydrogen-bond acceptors (Lipinski definition) is 3. The van der Waals surface area contributed by atoms with Crippen LogP contribution in [0, 0.1) is 0 Å². The predicted molar refractivity (Wildman–Crippen MR) is 84.7 cm³/mol. The highest BCUT2D eigenvalue weighted by Gasteiger charge is 2.49. The van der Waals surface area contributed by atoms with Gasteiger partial charge in [-0.05, 0) is 42.9 Å². The Labute approximate surface area is 131 Å². The van der Waals surface area contributed by atoms with Crippen LogP contribution in [0.5, 0.6) is 0 Å². The molecular weight excluding hydrogens is 276 g/mol. The minimum Gasteiger partial charge on any atom is -0.367 e.